The summed E-state index contributed by atoms with van der Waals surface area (Å²) in [4.78, 5) is 28.7. The summed E-state index contributed by atoms with van der Waals surface area (Å²) in [6, 6.07) is 25.1. The Kier molecular flexibility index (Phi) is 6.08. The molecule has 9 heteroatoms. The third kappa shape index (κ3) is 4.54. The maximum Gasteiger partial charge on any atom is 0.311 e. The predicted octanol–water partition coefficient (Wildman–Crippen LogP) is 3.24. The molecule has 0 saturated carbocycles. The Balaban J connectivity index is 1.30. The van der Waals surface area contributed by atoms with Gasteiger partial charge in [0.15, 0.2) is 5.84 Å². The summed E-state index contributed by atoms with van der Waals surface area (Å²) in [6.07, 6.45) is 0.0917. The van der Waals surface area contributed by atoms with Crippen LogP contribution in [-0.4, -0.2) is 45.8 Å². The van der Waals surface area contributed by atoms with Crippen LogP contribution in [-0.2, 0) is 24.3 Å². The Morgan fingerprint density at radius 3 is 2.37 bits per heavy atom. The monoisotopic (exact) mass is 489 g/mol. The van der Waals surface area contributed by atoms with E-state index in [2.05, 4.69) is 4.40 Å². The number of hydrogen-bond acceptors (Lipinski definition) is 6. The Bertz CT molecular complexity index is 1390. The van der Waals surface area contributed by atoms with Crippen molar-refractivity contribution in [3.8, 4) is 0 Å². The largest absolute Gasteiger partial charge is 0.464 e. The van der Waals surface area contributed by atoms with Gasteiger partial charge in [-0.15, -0.1) is 4.40 Å². The molecule has 0 N–H and O–H groups in total. The second-order valence-corrected chi connectivity index (χ2v) is 9.85. The first-order chi connectivity index (χ1) is 16.9. The molecule has 1 amide bonds. The van der Waals surface area contributed by atoms with Gasteiger partial charge in [0.1, 0.15) is 11.5 Å². The number of carbonyl (C=O) groups excluding carboxylic acids is 2. The van der Waals surface area contributed by atoms with Crippen molar-refractivity contribution in [1.82, 2.24) is 0 Å². The van der Waals surface area contributed by atoms with E-state index in [0.717, 1.165) is 11.4 Å². The molecule has 5 rings (SSSR count). The number of rotatable bonds is 6. The number of fused-ring (bicyclic) bond motifs is 1. The molecule has 3 aromatic rings. The normalized spacial score (nSPS) is 18.2. The summed E-state index contributed by atoms with van der Waals surface area (Å²) in [6.45, 7) is 0.467. The molecule has 1 fully saturated rings. The van der Waals surface area contributed by atoms with Gasteiger partial charge in [-0.1, -0.05) is 48.5 Å². The van der Waals surface area contributed by atoms with Crippen molar-refractivity contribution < 1.29 is 22.7 Å². The topological polar surface area (TPSA) is 96.3 Å². The second kappa shape index (κ2) is 9.34. The molecule has 0 aromatic heterocycles. The smallest absolute Gasteiger partial charge is 0.311 e. The number of ether oxygens (including phenoxy) is 1. The highest BCUT2D eigenvalue weighted by Crippen LogP contribution is 2.30. The van der Waals surface area contributed by atoms with E-state index >= 15 is 0 Å². The molecule has 2 aliphatic heterocycles. The molecule has 0 spiro atoms. The zero-order valence-corrected chi connectivity index (χ0v) is 19.6. The van der Waals surface area contributed by atoms with E-state index in [4.69, 9.17) is 4.74 Å². The van der Waals surface area contributed by atoms with Crippen LogP contribution in [0.25, 0.3) is 0 Å². The van der Waals surface area contributed by atoms with Crippen LogP contribution < -0.4 is 9.80 Å². The molecular formula is C26H23N3O5S. The second-order valence-electron chi connectivity index (χ2n) is 8.28. The average Bonchev–Trinajstić information content (AvgIpc) is 3.40. The first-order valence-electron chi connectivity index (χ1n) is 11.2. The fourth-order valence-corrected chi connectivity index (χ4v) is 5.54. The molecule has 2 heterocycles. The zero-order chi connectivity index (χ0) is 24.4. The molecule has 1 atom stereocenters. The van der Waals surface area contributed by atoms with E-state index in [-0.39, 0.29) is 42.8 Å². The van der Waals surface area contributed by atoms with Crippen LogP contribution in [0.2, 0.25) is 0 Å². The van der Waals surface area contributed by atoms with Crippen molar-refractivity contribution in [2.45, 2.75) is 11.3 Å². The third-order valence-corrected chi connectivity index (χ3v) is 7.35. The molecule has 1 saturated heterocycles. The van der Waals surface area contributed by atoms with E-state index in [1.54, 1.807) is 28.0 Å². The summed E-state index contributed by atoms with van der Waals surface area (Å²) >= 11 is 0. The maximum atomic E-state index is 12.8. The Morgan fingerprint density at radius 2 is 1.63 bits per heavy atom. The number of anilines is 2. The highest BCUT2D eigenvalue weighted by molar-refractivity contribution is 7.90. The number of carbonyl (C=O) groups is 2. The van der Waals surface area contributed by atoms with Gasteiger partial charge >= 0.3 is 5.97 Å². The van der Waals surface area contributed by atoms with Crippen LogP contribution in [0, 0.1) is 5.92 Å². The lowest BCUT2D eigenvalue weighted by Crippen LogP contribution is -2.35. The van der Waals surface area contributed by atoms with Crippen LogP contribution in [0.3, 0.4) is 0 Å². The van der Waals surface area contributed by atoms with E-state index in [0.29, 0.717) is 5.56 Å². The summed E-state index contributed by atoms with van der Waals surface area (Å²) < 4.78 is 34.8. The fraction of sp³-hybridized carbons (Fsp3) is 0.192. The van der Waals surface area contributed by atoms with Crippen molar-refractivity contribution in [3.63, 3.8) is 0 Å². The minimum Gasteiger partial charge on any atom is -0.464 e. The van der Waals surface area contributed by atoms with Crippen molar-refractivity contribution in [2.75, 3.05) is 29.5 Å². The van der Waals surface area contributed by atoms with E-state index in [9.17, 15) is 18.0 Å². The first kappa shape index (κ1) is 22.8. The van der Waals surface area contributed by atoms with Gasteiger partial charge in [-0.2, -0.15) is 8.42 Å². The van der Waals surface area contributed by atoms with Gasteiger partial charge in [0, 0.05) is 29.9 Å². The van der Waals surface area contributed by atoms with Gasteiger partial charge in [-0.05, 0) is 36.4 Å². The Hall–Kier alpha value is -3.98. The lowest BCUT2D eigenvalue weighted by molar-refractivity contribution is -0.148. The molecule has 0 unspecified atom stereocenters. The van der Waals surface area contributed by atoms with E-state index < -0.39 is 21.9 Å². The Morgan fingerprint density at radius 1 is 0.971 bits per heavy atom. The summed E-state index contributed by atoms with van der Waals surface area (Å²) in [5.41, 5.74) is 1.98. The lowest BCUT2D eigenvalue weighted by atomic mass is 10.1. The van der Waals surface area contributed by atoms with E-state index in [1.807, 2.05) is 60.7 Å². The van der Waals surface area contributed by atoms with Gasteiger partial charge in [0.25, 0.3) is 10.0 Å². The molecule has 8 nitrogen and oxygen atoms in total. The molecule has 2 aliphatic rings. The summed E-state index contributed by atoms with van der Waals surface area (Å²) in [7, 11) is -3.81. The molecule has 0 radical (unpaired) electrons. The molecule has 3 aromatic carbocycles. The highest BCUT2D eigenvalue weighted by atomic mass is 32.2. The van der Waals surface area contributed by atoms with Crippen LogP contribution >= 0.6 is 0 Å². The summed E-state index contributed by atoms with van der Waals surface area (Å²) in [5, 5.41) is 0. The number of nitrogens with zero attached hydrogens (tertiary/aromatic N) is 3. The van der Waals surface area contributed by atoms with Crippen molar-refractivity contribution in [3.05, 3.63) is 90.5 Å². The zero-order valence-electron chi connectivity index (χ0n) is 18.8. The molecule has 0 bridgehead atoms. The number of amidine groups is 1. The van der Waals surface area contributed by atoms with Crippen molar-refractivity contribution in [1.29, 1.82) is 0 Å². The predicted molar refractivity (Wildman–Crippen MR) is 132 cm³/mol. The molecule has 178 valence electrons. The average molecular weight is 490 g/mol. The van der Waals surface area contributed by atoms with Crippen LogP contribution in [0.5, 0.6) is 0 Å². The molecule has 35 heavy (non-hydrogen) atoms. The van der Waals surface area contributed by atoms with Gasteiger partial charge in [0.05, 0.1) is 12.5 Å². The molecular weight excluding hydrogens is 466 g/mol. The minimum atomic E-state index is -3.81. The SMILES string of the molecule is O=C(OCCN(C1=NS(=O)(=O)c2ccccc21)c1ccccc1)[C@H]1CC(=O)N(c2ccccc2)C1. The fourth-order valence-electron chi connectivity index (χ4n) is 4.33. The number of amides is 1. The number of hydrogen-bond donors (Lipinski definition) is 0. The van der Waals surface area contributed by atoms with Gasteiger partial charge in [-0.25, -0.2) is 0 Å². The quantitative estimate of drug-likeness (QED) is 0.493. The first-order valence-corrected chi connectivity index (χ1v) is 12.7. The van der Waals surface area contributed by atoms with Crippen molar-refractivity contribution in [2.24, 2.45) is 10.3 Å². The Labute approximate surface area is 203 Å². The number of sulfonamides is 1. The number of benzene rings is 3. The molecule has 0 aliphatic carbocycles. The van der Waals surface area contributed by atoms with E-state index in [1.165, 1.54) is 6.07 Å². The van der Waals surface area contributed by atoms with Crippen LogP contribution in [0.1, 0.15) is 12.0 Å². The van der Waals surface area contributed by atoms with Gasteiger partial charge < -0.3 is 14.5 Å². The lowest BCUT2D eigenvalue weighted by Gasteiger charge is -2.25. The number of esters is 1. The van der Waals surface area contributed by atoms with Crippen molar-refractivity contribution >= 4 is 39.1 Å². The highest BCUT2D eigenvalue weighted by Gasteiger charge is 2.36. The maximum absolute atomic E-state index is 12.8. The summed E-state index contributed by atoms with van der Waals surface area (Å²) in [5.74, 6) is -0.843. The minimum absolute atomic E-state index is 0.00495. The van der Waals surface area contributed by atoms with Crippen LogP contribution in [0.15, 0.2) is 94.2 Å². The standard InChI is InChI=1S/C26H23N3O5S/c30-24-17-19(18-29(24)21-11-5-2-6-12-21)26(31)34-16-15-28(20-9-3-1-4-10-20)25-22-13-7-8-14-23(22)35(32,33)27-25/h1-14,19H,15-18H2/t19-/m0/s1. The number of para-hydroxylation sites is 2. The van der Waals surface area contributed by atoms with Crippen LogP contribution in [0.4, 0.5) is 11.4 Å². The van der Waals surface area contributed by atoms with Gasteiger partial charge in [0.2, 0.25) is 5.91 Å². The van der Waals surface area contributed by atoms with Gasteiger partial charge in [-0.3, -0.25) is 9.59 Å². The third-order valence-electron chi connectivity index (χ3n) is 6.02.